The smallest absolute Gasteiger partial charge is 0.103 e. The van der Waals surface area contributed by atoms with Gasteiger partial charge in [0.05, 0.1) is 5.69 Å². The minimum Gasteiger partial charge on any atom is -0.323 e. The SMILES string of the molecule is CCCc1nc(CSCC)sc1C(C)N. The van der Waals surface area contributed by atoms with E-state index in [4.69, 9.17) is 5.73 Å². The van der Waals surface area contributed by atoms with Gasteiger partial charge in [0.1, 0.15) is 5.01 Å². The average molecular weight is 244 g/mol. The summed E-state index contributed by atoms with van der Waals surface area (Å²) in [6.07, 6.45) is 2.20. The highest BCUT2D eigenvalue weighted by molar-refractivity contribution is 7.98. The highest BCUT2D eigenvalue weighted by Crippen LogP contribution is 2.27. The van der Waals surface area contributed by atoms with Crippen molar-refractivity contribution in [3.63, 3.8) is 0 Å². The molecule has 0 aliphatic heterocycles. The van der Waals surface area contributed by atoms with Crippen molar-refractivity contribution in [1.82, 2.24) is 4.98 Å². The molecule has 0 saturated heterocycles. The average Bonchev–Trinajstić information content (AvgIpc) is 2.59. The van der Waals surface area contributed by atoms with Crippen LogP contribution in [0.5, 0.6) is 0 Å². The molecule has 1 aromatic heterocycles. The Hall–Kier alpha value is -0.0600. The van der Waals surface area contributed by atoms with Crippen LogP contribution in [0.3, 0.4) is 0 Å². The standard InChI is InChI=1S/C11H20N2S2/c1-4-6-9-11(8(3)12)15-10(13-9)7-14-5-2/h8H,4-7,12H2,1-3H3. The molecule has 1 rings (SSSR count). The summed E-state index contributed by atoms with van der Waals surface area (Å²) in [5.74, 6) is 2.18. The highest BCUT2D eigenvalue weighted by Gasteiger charge is 2.13. The topological polar surface area (TPSA) is 38.9 Å². The molecule has 1 heterocycles. The minimum atomic E-state index is 0.129. The van der Waals surface area contributed by atoms with E-state index in [-0.39, 0.29) is 6.04 Å². The number of hydrogen-bond acceptors (Lipinski definition) is 4. The molecular weight excluding hydrogens is 224 g/mol. The summed E-state index contributed by atoms with van der Waals surface area (Å²) in [4.78, 5) is 5.96. The van der Waals surface area contributed by atoms with E-state index < -0.39 is 0 Å². The van der Waals surface area contributed by atoms with Gasteiger partial charge in [-0.1, -0.05) is 20.3 Å². The van der Waals surface area contributed by atoms with Crippen molar-refractivity contribution in [3.05, 3.63) is 15.6 Å². The Bertz CT molecular complexity index is 295. The molecule has 2 nitrogen and oxygen atoms in total. The summed E-state index contributed by atoms with van der Waals surface area (Å²) >= 11 is 3.71. The molecule has 0 bridgehead atoms. The van der Waals surface area contributed by atoms with Crippen LogP contribution in [0.15, 0.2) is 0 Å². The molecule has 0 aromatic carbocycles. The second kappa shape index (κ2) is 6.51. The van der Waals surface area contributed by atoms with Gasteiger partial charge in [-0.05, 0) is 19.1 Å². The molecule has 1 unspecified atom stereocenters. The predicted molar refractivity (Wildman–Crippen MR) is 70.5 cm³/mol. The Morgan fingerprint density at radius 1 is 1.47 bits per heavy atom. The van der Waals surface area contributed by atoms with Gasteiger partial charge in [-0.3, -0.25) is 0 Å². The molecule has 0 spiro atoms. The quantitative estimate of drug-likeness (QED) is 0.834. The molecular formula is C11H20N2S2. The summed E-state index contributed by atoms with van der Waals surface area (Å²) in [7, 11) is 0. The predicted octanol–water partition coefficient (Wildman–Crippen LogP) is 3.37. The second-order valence-electron chi connectivity index (χ2n) is 3.59. The zero-order chi connectivity index (χ0) is 11.3. The van der Waals surface area contributed by atoms with Crippen LogP contribution in [0.4, 0.5) is 0 Å². The summed E-state index contributed by atoms with van der Waals surface area (Å²) in [5, 5.41) is 1.23. The van der Waals surface area contributed by atoms with Gasteiger partial charge in [0.2, 0.25) is 0 Å². The van der Waals surface area contributed by atoms with Crippen LogP contribution in [0.2, 0.25) is 0 Å². The fraction of sp³-hybridized carbons (Fsp3) is 0.727. The van der Waals surface area contributed by atoms with Gasteiger partial charge in [0.25, 0.3) is 0 Å². The zero-order valence-electron chi connectivity index (χ0n) is 9.75. The van der Waals surface area contributed by atoms with Crippen molar-refractivity contribution >= 4 is 23.1 Å². The summed E-state index contributed by atoms with van der Waals surface area (Å²) < 4.78 is 0. The first kappa shape index (κ1) is 13.0. The van der Waals surface area contributed by atoms with Crippen LogP contribution in [-0.4, -0.2) is 10.7 Å². The maximum absolute atomic E-state index is 5.95. The lowest BCUT2D eigenvalue weighted by atomic mass is 10.2. The molecule has 1 atom stereocenters. The van der Waals surface area contributed by atoms with E-state index in [2.05, 4.69) is 18.8 Å². The highest BCUT2D eigenvalue weighted by atomic mass is 32.2. The van der Waals surface area contributed by atoms with E-state index >= 15 is 0 Å². The lowest BCUT2D eigenvalue weighted by molar-refractivity contribution is 0.791. The molecule has 1 aromatic rings. The number of thioether (sulfide) groups is 1. The summed E-state index contributed by atoms with van der Waals surface area (Å²) in [6, 6.07) is 0.129. The van der Waals surface area contributed by atoms with Crippen molar-refractivity contribution in [1.29, 1.82) is 0 Å². The third kappa shape index (κ3) is 3.78. The lowest BCUT2D eigenvalue weighted by Gasteiger charge is -2.03. The Balaban J connectivity index is 2.78. The van der Waals surface area contributed by atoms with Crippen molar-refractivity contribution in [3.8, 4) is 0 Å². The maximum Gasteiger partial charge on any atom is 0.103 e. The van der Waals surface area contributed by atoms with Crippen LogP contribution in [0.25, 0.3) is 0 Å². The number of nitrogens with two attached hydrogens (primary N) is 1. The fourth-order valence-corrected chi connectivity index (χ4v) is 3.23. The number of thiazole rings is 1. The van der Waals surface area contributed by atoms with Crippen LogP contribution >= 0.6 is 23.1 Å². The third-order valence-electron chi connectivity index (χ3n) is 2.10. The molecule has 2 N–H and O–H groups in total. The van der Waals surface area contributed by atoms with E-state index in [1.165, 1.54) is 15.6 Å². The first-order chi connectivity index (χ1) is 7.19. The fourth-order valence-electron chi connectivity index (χ4n) is 1.44. The number of aromatic nitrogens is 1. The molecule has 0 aliphatic rings. The molecule has 4 heteroatoms. The van der Waals surface area contributed by atoms with Gasteiger partial charge in [-0.15, -0.1) is 11.3 Å². The van der Waals surface area contributed by atoms with Crippen LogP contribution in [-0.2, 0) is 12.2 Å². The zero-order valence-corrected chi connectivity index (χ0v) is 11.4. The maximum atomic E-state index is 5.95. The molecule has 0 amide bonds. The van der Waals surface area contributed by atoms with Gasteiger partial charge in [0, 0.05) is 16.7 Å². The Morgan fingerprint density at radius 3 is 2.73 bits per heavy atom. The second-order valence-corrected chi connectivity index (χ2v) is 5.98. The molecule has 0 saturated carbocycles. The Morgan fingerprint density at radius 2 is 2.20 bits per heavy atom. The summed E-state index contributed by atoms with van der Waals surface area (Å²) in [6.45, 7) is 6.41. The monoisotopic (exact) mass is 244 g/mol. The number of aryl methyl sites for hydroxylation is 1. The van der Waals surface area contributed by atoms with Gasteiger partial charge in [0.15, 0.2) is 0 Å². The van der Waals surface area contributed by atoms with Crippen LogP contribution < -0.4 is 5.73 Å². The Kier molecular flexibility index (Phi) is 5.64. The van der Waals surface area contributed by atoms with Crippen molar-refractivity contribution in [2.45, 2.75) is 45.4 Å². The van der Waals surface area contributed by atoms with Crippen molar-refractivity contribution < 1.29 is 0 Å². The minimum absolute atomic E-state index is 0.129. The van der Waals surface area contributed by atoms with Gasteiger partial charge in [-0.2, -0.15) is 11.8 Å². The molecule has 0 fully saturated rings. The van der Waals surface area contributed by atoms with Gasteiger partial charge >= 0.3 is 0 Å². The van der Waals surface area contributed by atoms with Gasteiger partial charge < -0.3 is 5.73 Å². The number of nitrogens with zero attached hydrogens (tertiary/aromatic N) is 1. The van der Waals surface area contributed by atoms with Gasteiger partial charge in [-0.25, -0.2) is 4.98 Å². The van der Waals surface area contributed by atoms with Crippen LogP contribution in [0.1, 0.15) is 48.8 Å². The third-order valence-corrected chi connectivity index (χ3v) is 4.47. The first-order valence-corrected chi connectivity index (χ1v) is 7.47. The van der Waals surface area contributed by atoms with Crippen molar-refractivity contribution in [2.75, 3.05) is 5.75 Å². The summed E-state index contributed by atoms with van der Waals surface area (Å²) in [5.41, 5.74) is 7.18. The lowest BCUT2D eigenvalue weighted by Crippen LogP contribution is -2.05. The van der Waals surface area contributed by atoms with Crippen molar-refractivity contribution in [2.24, 2.45) is 5.73 Å². The molecule has 15 heavy (non-hydrogen) atoms. The molecule has 0 radical (unpaired) electrons. The normalized spacial score (nSPS) is 13.1. The van der Waals surface area contributed by atoms with Crippen LogP contribution in [0, 0.1) is 0 Å². The van der Waals surface area contributed by atoms with E-state index in [0.717, 1.165) is 24.3 Å². The number of rotatable bonds is 6. The number of hydrogen-bond donors (Lipinski definition) is 1. The first-order valence-electron chi connectivity index (χ1n) is 5.50. The Labute approximate surface area is 101 Å². The largest absolute Gasteiger partial charge is 0.323 e. The van der Waals surface area contributed by atoms with E-state index in [1.54, 1.807) is 11.3 Å². The van der Waals surface area contributed by atoms with E-state index in [1.807, 2.05) is 18.7 Å². The molecule has 0 aliphatic carbocycles. The molecule has 86 valence electrons. The van der Waals surface area contributed by atoms with E-state index in [9.17, 15) is 0 Å². The van der Waals surface area contributed by atoms with E-state index in [0.29, 0.717) is 0 Å².